The molecule has 1 N–H and O–H groups in total. The van der Waals surface area contributed by atoms with E-state index in [0.29, 0.717) is 6.04 Å². The second-order valence-corrected chi connectivity index (χ2v) is 5.44. The number of rotatable bonds is 6. The summed E-state index contributed by atoms with van der Waals surface area (Å²) in [5.74, 6) is 1.01. The molecular weight excluding hydrogens is 294 g/mol. The third-order valence-electron chi connectivity index (χ3n) is 3.18. The van der Waals surface area contributed by atoms with Crippen molar-refractivity contribution in [2.24, 2.45) is 0 Å². The van der Waals surface area contributed by atoms with Gasteiger partial charge in [0.1, 0.15) is 5.75 Å². The van der Waals surface area contributed by atoms with Gasteiger partial charge in [-0.15, -0.1) is 0 Å². The second-order valence-electron chi connectivity index (χ2n) is 4.53. The highest BCUT2D eigenvalue weighted by atomic mass is 79.9. The van der Waals surface area contributed by atoms with Gasteiger partial charge in [-0.05, 0) is 37.6 Å². The molecule has 1 aromatic rings. The highest BCUT2D eigenvalue weighted by Gasteiger charge is 2.20. The molecule has 3 nitrogen and oxygen atoms in total. The molecule has 1 atom stereocenters. The SMILES string of the molecule is COCCCCNC1CCOc2ccc(Br)cc21. The van der Waals surface area contributed by atoms with Crippen molar-refractivity contribution in [3.8, 4) is 5.75 Å². The molecule has 0 amide bonds. The van der Waals surface area contributed by atoms with E-state index in [2.05, 4.69) is 27.3 Å². The van der Waals surface area contributed by atoms with Gasteiger partial charge in [0.05, 0.1) is 6.61 Å². The molecule has 100 valence electrons. The van der Waals surface area contributed by atoms with E-state index in [9.17, 15) is 0 Å². The first-order valence-electron chi connectivity index (χ1n) is 6.46. The first-order chi connectivity index (χ1) is 8.81. The molecule has 0 aliphatic carbocycles. The fraction of sp³-hybridized carbons (Fsp3) is 0.571. The first-order valence-corrected chi connectivity index (χ1v) is 7.25. The molecule has 1 aliphatic rings. The number of hydrogen-bond acceptors (Lipinski definition) is 3. The minimum absolute atomic E-state index is 0.411. The Labute approximate surface area is 117 Å². The van der Waals surface area contributed by atoms with Crippen molar-refractivity contribution >= 4 is 15.9 Å². The summed E-state index contributed by atoms with van der Waals surface area (Å²) in [5.41, 5.74) is 1.27. The summed E-state index contributed by atoms with van der Waals surface area (Å²) >= 11 is 3.52. The number of methoxy groups -OCH3 is 1. The zero-order valence-corrected chi connectivity index (χ0v) is 12.3. The quantitative estimate of drug-likeness (QED) is 0.817. The Hall–Kier alpha value is -0.580. The van der Waals surface area contributed by atoms with Crippen molar-refractivity contribution in [3.05, 3.63) is 28.2 Å². The van der Waals surface area contributed by atoms with Gasteiger partial charge in [-0.25, -0.2) is 0 Å². The molecule has 1 aliphatic heterocycles. The van der Waals surface area contributed by atoms with Gasteiger partial charge in [0.25, 0.3) is 0 Å². The Bertz CT molecular complexity index is 384. The van der Waals surface area contributed by atoms with Gasteiger partial charge in [0, 0.05) is 36.2 Å². The molecule has 2 rings (SSSR count). The first kappa shape index (κ1) is 13.8. The molecule has 0 bridgehead atoms. The zero-order valence-electron chi connectivity index (χ0n) is 10.7. The van der Waals surface area contributed by atoms with Gasteiger partial charge < -0.3 is 14.8 Å². The normalized spacial score (nSPS) is 18.2. The molecule has 0 saturated heterocycles. The molecule has 18 heavy (non-hydrogen) atoms. The van der Waals surface area contributed by atoms with Gasteiger partial charge in [-0.3, -0.25) is 0 Å². The van der Waals surface area contributed by atoms with Crippen LogP contribution in [0.15, 0.2) is 22.7 Å². The van der Waals surface area contributed by atoms with Crippen molar-refractivity contribution in [1.82, 2.24) is 5.32 Å². The molecule has 1 heterocycles. The average molecular weight is 314 g/mol. The molecule has 1 aromatic carbocycles. The Morgan fingerprint density at radius 3 is 3.17 bits per heavy atom. The fourth-order valence-electron chi connectivity index (χ4n) is 2.23. The maximum Gasteiger partial charge on any atom is 0.124 e. The van der Waals surface area contributed by atoms with Crippen LogP contribution < -0.4 is 10.1 Å². The smallest absolute Gasteiger partial charge is 0.124 e. The van der Waals surface area contributed by atoms with E-state index < -0.39 is 0 Å². The number of hydrogen-bond donors (Lipinski definition) is 1. The lowest BCUT2D eigenvalue weighted by Crippen LogP contribution is -2.28. The minimum atomic E-state index is 0.411. The van der Waals surface area contributed by atoms with Crippen LogP contribution in [-0.2, 0) is 4.74 Å². The number of benzene rings is 1. The van der Waals surface area contributed by atoms with E-state index in [1.807, 2.05) is 12.1 Å². The number of unbranched alkanes of at least 4 members (excludes halogenated alkanes) is 1. The molecule has 4 heteroatoms. The van der Waals surface area contributed by atoms with Gasteiger partial charge in [0.15, 0.2) is 0 Å². The average Bonchev–Trinajstić information content (AvgIpc) is 2.39. The van der Waals surface area contributed by atoms with Crippen LogP contribution >= 0.6 is 15.9 Å². The monoisotopic (exact) mass is 313 g/mol. The van der Waals surface area contributed by atoms with E-state index >= 15 is 0 Å². The topological polar surface area (TPSA) is 30.5 Å². The second kappa shape index (κ2) is 7.12. The van der Waals surface area contributed by atoms with Gasteiger partial charge in [0.2, 0.25) is 0 Å². The van der Waals surface area contributed by atoms with E-state index in [-0.39, 0.29) is 0 Å². The van der Waals surface area contributed by atoms with E-state index in [4.69, 9.17) is 9.47 Å². The summed E-state index contributed by atoms with van der Waals surface area (Å²) in [6, 6.07) is 6.63. The van der Waals surface area contributed by atoms with Crippen molar-refractivity contribution in [3.63, 3.8) is 0 Å². The Morgan fingerprint density at radius 1 is 1.44 bits per heavy atom. The summed E-state index contributed by atoms with van der Waals surface area (Å²) in [6.07, 6.45) is 3.29. The summed E-state index contributed by atoms with van der Waals surface area (Å²) in [5, 5.41) is 3.61. The molecular formula is C14H20BrNO2. The standard InChI is InChI=1S/C14H20BrNO2/c1-17-8-3-2-7-16-13-6-9-18-14-5-4-11(15)10-12(13)14/h4-5,10,13,16H,2-3,6-9H2,1H3. The van der Waals surface area contributed by atoms with Crippen LogP contribution in [0.4, 0.5) is 0 Å². The van der Waals surface area contributed by atoms with E-state index in [1.165, 1.54) is 5.56 Å². The highest BCUT2D eigenvalue weighted by molar-refractivity contribution is 9.10. The minimum Gasteiger partial charge on any atom is -0.493 e. The number of nitrogens with one attached hydrogen (secondary N) is 1. The lowest BCUT2D eigenvalue weighted by atomic mass is 10.0. The van der Waals surface area contributed by atoms with Crippen LogP contribution in [0.1, 0.15) is 30.9 Å². The fourth-order valence-corrected chi connectivity index (χ4v) is 2.60. The highest BCUT2D eigenvalue weighted by Crippen LogP contribution is 2.33. The zero-order chi connectivity index (χ0) is 12.8. The van der Waals surface area contributed by atoms with Gasteiger partial charge >= 0.3 is 0 Å². The lowest BCUT2D eigenvalue weighted by Gasteiger charge is -2.27. The van der Waals surface area contributed by atoms with Crippen molar-refractivity contribution in [1.29, 1.82) is 0 Å². The summed E-state index contributed by atoms with van der Waals surface area (Å²) in [6.45, 7) is 2.67. The van der Waals surface area contributed by atoms with Crippen LogP contribution in [0.25, 0.3) is 0 Å². The molecule has 0 fully saturated rings. The largest absolute Gasteiger partial charge is 0.493 e. The Morgan fingerprint density at radius 2 is 2.33 bits per heavy atom. The molecule has 0 radical (unpaired) electrons. The van der Waals surface area contributed by atoms with E-state index in [1.54, 1.807) is 7.11 Å². The van der Waals surface area contributed by atoms with Gasteiger partial charge in [-0.1, -0.05) is 15.9 Å². The molecule has 0 saturated carbocycles. The molecule has 0 spiro atoms. The van der Waals surface area contributed by atoms with Crippen LogP contribution in [0.3, 0.4) is 0 Å². The van der Waals surface area contributed by atoms with Crippen molar-refractivity contribution in [2.45, 2.75) is 25.3 Å². The number of halogens is 1. The Kier molecular flexibility index (Phi) is 5.47. The maximum absolute atomic E-state index is 5.67. The predicted molar refractivity (Wildman–Crippen MR) is 76.1 cm³/mol. The summed E-state index contributed by atoms with van der Waals surface area (Å²) < 4.78 is 11.8. The third-order valence-corrected chi connectivity index (χ3v) is 3.67. The Balaban J connectivity index is 1.89. The summed E-state index contributed by atoms with van der Waals surface area (Å²) in [4.78, 5) is 0. The third kappa shape index (κ3) is 3.70. The molecule has 0 aromatic heterocycles. The van der Waals surface area contributed by atoms with Crippen LogP contribution in [0, 0.1) is 0 Å². The van der Waals surface area contributed by atoms with E-state index in [0.717, 1.165) is 49.2 Å². The predicted octanol–water partition coefficient (Wildman–Crippen LogP) is 3.29. The van der Waals surface area contributed by atoms with Crippen LogP contribution in [-0.4, -0.2) is 26.9 Å². The van der Waals surface area contributed by atoms with Crippen LogP contribution in [0.5, 0.6) is 5.75 Å². The van der Waals surface area contributed by atoms with Gasteiger partial charge in [-0.2, -0.15) is 0 Å². The summed E-state index contributed by atoms with van der Waals surface area (Å²) in [7, 11) is 1.75. The lowest BCUT2D eigenvalue weighted by molar-refractivity contribution is 0.191. The number of ether oxygens (including phenoxy) is 2. The molecule has 1 unspecified atom stereocenters. The number of fused-ring (bicyclic) bond motifs is 1. The van der Waals surface area contributed by atoms with Crippen LogP contribution in [0.2, 0.25) is 0 Å². The maximum atomic E-state index is 5.67. The van der Waals surface area contributed by atoms with Crippen molar-refractivity contribution < 1.29 is 9.47 Å². The van der Waals surface area contributed by atoms with Crippen molar-refractivity contribution in [2.75, 3.05) is 26.9 Å².